The molecular formula is C31H54O4Si. The predicted octanol–water partition coefficient (Wildman–Crippen LogP) is 7.78. The molecule has 0 amide bonds. The van der Waals surface area contributed by atoms with Gasteiger partial charge in [-0.1, -0.05) is 53.2 Å². The highest BCUT2D eigenvalue weighted by Crippen LogP contribution is 2.66. The van der Waals surface area contributed by atoms with Crippen molar-refractivity contribution in [1.82, 2.24) is 0 Å². The molecule has 0 spiro atoms. The molecular weight excluding hydrogens is 464 g/mol. The summed E-state index contributed by atoms with van der Waals surface area (Å²) in [6.45, 7) is 19.1. The van der Waals surface area contributed by atoms with E-state index in [0.29, 0.717) is 29.6 Å². The molecule has 4 aliphatic carbocycles. The third-order valence-corrected chi connectivity index (χ3v) is 16.4. The van der Waals surface area contributed by atoms with E-state index in [9.17, 15) is 4.79 Å². The fourth-order valence-electron chi connectivity index (χ4n) is 8.85. The number of Topliss-reactive ketones (excluding diaryl/α,β-unsaturated/α-hetero) is 1. The quantitative estimate of drug-likeness (QED) is 0.196. The van der Waals surface area contributed by atoms with Crippen LogP contribution in [0.1, 0.15) is 92.9 Å². The Kier molecular flexibility index (Phi) is 7.85. The molecule has 8 atom stereocenters. The van der Waals surface area contributed by atoms with Crippen molar-refractivity contribution in [3.8, 4) is 0 Å². The molecule has 0 saturated heterocycles. The van der Waals surface area contributed by atoms with Gasteiger partial charge in [-0.3, -0.25) is 4.79 Å². The highest BCUT2D eigenvalue weighted by molar-refractivity contribution is 6.74. The van der Waals surface area contributed by atoms with Crippen molar-refractivity contribution in [3.63, 3.8) is 0 Å². The topological polar surface area (TPSA) is 44.8 Å². The fraction of sp³-hybridized carbons (Fsp3) is 0.903. The first kappa shape index (κ1) is 28.5. The first-order valence-corrected chi connectivity index (χ1v) is 17.5. The summed E-state index contributed by atoms with van der Waals surface area (Å²) >= 11 is 0. The van der Waals surface area contributed by atoms with Gasteiger partial charge in [0.15, 0.2) is 14.6 Å². The number of fused-ring (bicyclic) bond motifs is 5. The Morgan fingerprint density at radius 1 is 1.06 bits per heavy atom. The molecule has 0 heterocycles. The molecule has 5 heteroatoms. The predicted molar refractivity (Wildman–Crippen MR) is 149 cm³/mol. The van der Waals surface area contributed by atoms with Crippen LogP contribution < -0.4 is 0 Å². The summed E-state index contributed by atoms with van der Waals surface area (Å²) in [7, 11) is 1.64. The number of carbonyl (C=O) groups is 1. The standard InChI is InChI=1S/C31H54O4Si/c1-20(17-27(33-7)34-8)28-26(32)19-25-23-12-11-21-18-22(35-36(9,10)29(2,3)4)13-15-30(21,5)24(23)14-16-31(25,28)6/h11,20,22-25,27-28H,12-19H2,1-10H3/t20?,22-,23+,24-,25-,28-,30-,31-/m0/s1. The lowest BCUT2D eigenvalue weighted by Crippen LogP contribution is -2.52. The molecule has 4 nitrogen and oxygen atoms in total. The van der Waals surface area contributed by atoms with Gasteiger partial charge in [0.05, 0.1) is 0 Å². The second-order valence-corrected chi connectivity index (χ2v) is 19.6. The summed E-state index contributed by atoms with van der Waals surface area (Å²) in [6, 6.07) is 0. The van der Waals surface area contributed by atoms with Gasteiger partial charge in [-0.05, 0) is 91.2 Å². The molecule has 3 saturated carbocycles. The van der Waals surface area contributed by atoms with Crippen LogP contribution in [0.15, 0.2) is 11.6 Å². The largest absolute Gasteiger partial charge is 0.414 e. The smallest absolute Gasteiger partial charge is 0.192 e. The molecule has 0 aromatic heterocycles. The van der Waals surface area contributed by atoms with E-state index in [1.54, 1.807) is 19.8 Å². The second-order valence-electron chi connectivity index (χ2n) is 14.8. The van der Waals surface area contributed by atoms with Gasteiger partial charge in [-0.25, -0.2) is 0 Å². The van der Waals surface area contributed by atoms with Crippen molar-refractivity contribution < 1.29 is 18.7 Å². The van der Waals surface area contributed by atoms with Crippen LogP contribution in [0, 0.1) is 40.4 Å². The summed E-state index contributed by atoms with van der Waals surface area (Å²) in [6.07, 6.45) is 11.4. The fourth-order valence-corrected chi connectivity index (χ4v) is 10.2. The molecule has 3 fully saturated rings. The van der Waals surface area contributed by atoms with E-state index in [2.05, 4.69) is 60.7 Å². The van der Waals surface area contributed by atoms with Gasteiger partial charge in [-0.2, -0.15) is 0 Å². The van der Waals surface area contributed by atoms with E-state index >= 15 is 0 Å². The number of carbonyl (C=O) groups excluding carboxylic acids is 1. The van der Waals surface area contributed by atoms with E-state index in [0.717, 1.165) is 25.7 Å². The Hall–Kier alpha value is -0.493. The van der Waals surface area contributed by atoms with Gasteiger partial charge in [0.1, 0.15) is 5.78 Å². The minimum atomic E-state index is -1.76. The van der Waals surface area contributed by atoms with E-state index in [-0.39, 0.29) is 34.0 Å². The number of ether oxygens (including phenoxy) is 2. The highest BCUT2D eigenvalue weighted by atomic mass is 28.4. The Bertz CT molecular complexity index is 855. The Balaban J connectivity index is 1.52. The first-order chi connectivity index (χ1) is 16.7. The molecule has 4 rings (SSSR count). The number of methoxy groups -OCH3 is 2. The van der Waals surface area contributed by atoms with Gasteiger partial charge in [-0.15, -0.1) is 0 Å². The van der Waals surface area contributed by atoms with Crippen molar-refractivity contribution in [2.24, 2.45) is 40.4 Å². The van der Waals surface area contributed by atoms with Crippen LogP contribution >= 0.6 is 0 Å². The maximum Gasteiger partial charge on any atom is 0.192 e. The van der Waals surface area contributed by atoms with Gasteiger partial charge in [0, 0.05) is 39.1 Å². The van der Waals surface area contributed by atoms with Gasteiger partial charge < -0.3 is 13.9 Å². The summed E-state index contributed by atoms with van der Waals surface area (Å²) in [5, 5.41) is 0.253. The van der Waals surface area contributed by atoms with Crippen LogP contribution in [0.5, 0.6) is 0 Å². The molecule has 1 unspecified atom stereocenters. The van der Waals surface area contributed by atoms with Crippen LogP contribution in [-0.4, -0.2) is 40.7 Å². The second kappa shape index (κ2) is 9.92. The van der Waals surface area contributed by atoms with E-state index in [1.807, 2.05) is 0 Å². The number of hydrogen-bond acceptors (Lipinski definition) is 4. The Morgan fingerprint density at radius 2 is 1.72 bits per heavy atom. The lowest BCUT2D eigenvalue weighted by Gasteiger charge is -2.58. The van der Waals surface area contributed by atoms with Crippen molar-refractivity contribution in [2.75, 3.05) is 14.2 Å². The lowest BCUT2D eigenvalue weighted by molar-refractivity contribution is -0.134. The SMILES string of the molecule is COC(CC(C)[C@H]1C(=O)C[C@H]2[C@@H]3CC=C4C[C@@H](O[Si](C)(C)C(C)(C)C)CC[C@]4(C)[C@H]3CC[C@]12C)OC. The van der Waals surface area contributed by atoms with Crippen molar-refractivity contribution >= 4 is 14.1 Å². The zero-order valence-corrected chi connectivity index (χ0v) is 25.9. The molecule has 206 valence electrons. The maximum atomic E-state index is 13.5. The molecule has 4 aliphatic rings. The first-order valence-electron chi connectivity index (χ1n) is 14.6. The maximum absolute atomic E-state index is 13.5. The third kappa shape index (κ3) is 4.73. The monoisotopic (exact) mass is 518 g/mol. The number of allylic oxidation sites excluding steroid dienone is 1. The number of rotatable bonds is 7. The zero-order chi connectivity index (χ0) is 26.7. The van der Waals surface area contributed by atoms with Crippen molar-refractivity contribution in [3.05, 3.63) is 11.6 Å². The normalized spacial score (nSPS) is 39.9. The highest BCUT2D eigenvalue weighted by Gasteiger charge is 2.62. The molecule has 0 aromatic carbocycles. The average molecular weight is 519 g/mol. The Morgan fingerprint density at radius 3 is 2.33 bits per heavy atom. The molecule has 0 bridgehead atoms. The van der Waals surface area contributed by atoms with E-state index < -0.39 is 8.32 Å². The zero-order valence-electron chi connectivity index (χ0n) is 24.9. The molecule has 0 aliphatic heterocycles. The average Bonchev–Trinajstić information content (AvgIpc) is 3.06. The van der Waals surface area contributed by atoms with Crippen molar-refractivity contribution in [1.29, 1.82) is 0 Å². The van der Waals surface area contributed by atoms with Gasteiger partial charge >= 0.3 is 0 Å². The van der Waals surface area contributed by atoms with E-state index in [4.69, 9.17) is 13.9 Å². The van der Waals surface area contributed by atoms with E-state index in [1.165, 1.54) is 25.7 Å². The number of hydrogen-bond donors (Lipinski definition) is 0. The van der Waals surface area contributed by atoms with Gasteiger partial charge in [0.25, 0.3) is 0 Å². The summed E-state index contributed by atoms with van der Waals surface area (Å²) in [4.78, 5) is 13.5. The van der Waals surface area contributed by atoms with Crippen molar-refractivity contribution in [2.45, 2.75) is 123 Å². The lowest BCUT2D eigenvalue weighted by atomic mass is 9.47. The summed E-state index contributed by atoms with van der Waals surface area (Å²) < 4.78 is 17.9. The van der Waals surface area contributed by atoms with Crippen LogP contribution in [0.2, 0.25) is 18.1 Å². The third-order valence-electron chi connectivity index (χ3n) is 11.9. The van der Waals surface area contributed by atoms with Crippen LogP contribution in [0.3, 0.4) is 0 Å². The van der Waals surface area contributed by atoms with Gasteiger partial charge in [0.2, 0.25) is 0 Å². The summed E-state index contributed by atoms with van der Waals surface area (Å²) in [5.41, 5.74) is 2.05. The molecule has 0 radical (unpaired) electrons. The molecule has 0 aromatic rings. The van der Waals surface area contributed by atoms with Crippen LogP contribution in [0.25, 0.3) is 0 Å². The van der Waals surface area contributed by atoms with Crippen LogP contribution in [0.4, 0.5) is 0 Å². The van der Waals surface area contributed by atoms with Crippen LogP contribution in [-0.2, 0) is 18.7 Å². The summed E-state index contributed by atoms with van der Waals surface area (Å²) in [5.74, 6) is 2.75. The molecule has 36 heavy (non-hydrogen) atoms. The minimum absolute atomic E-state index is 0.105. The number of ketones is 1. The Labute approximate surface area is 222 Å². The minimum Gasteiger partial charge on any atom is -0.414 e. The molecule has 0 N–H and O–H groups in total.